The van der Waals surface area contributed by atoms with Crippen molar-refractivity contribution in [2.75, 3.05) is 13.2 Å². The molecular weight excluding hydrogens is 252 g/mol. The number of hydrogen-bond donors (Lipinski definition) is 0. The summed E-state index contributed by atoms with van der Waals surface area (Å²) in [4.78, 5) is 0. The van der Waals surface area contributed by atoms with Gasteiger partial charge in [0.05, 0.1) is 6.26 Å². The van der Waals surface area contributed by atoms with Crippen LogP contribution in [0.2, 0.25) is 16.6 Å². The maximum absolute atomic E-state index is 6.45. The lowest BCUT2D eigenvalue weighted by Gasteiger charge is -2.42. The average Bonchev–Trinajstić information content (AvgIpc) is 2.31. The molecule has 0 aromatic rings. The Morgan fingerprint density at radius 1 is 0.947 bits per heavy atom. The zero-order valence-corrected chi connectivity index (χ0v) is 14.6. The third kappa shape index (κ3) is 5.53. The summed E-state index contributed by atoms with van der Waals surface area (Å²) in [6.07, 6.45) is 6.58. The van der Waals surface area contributed by atoms with Crippen LogP contribution in [0, 0.1) is 0 Å². The van der Waals surface area contributed by atoms with Crippen LogP contribution in [0.25, 0.3) is 0 Å². The first-order valence-electron chi connectivity index (χ1n) is 7.41. The van der Waals surface area contributed by atoms with E-state index in [0.29, 0.717) is 23.2 Å². The molecule has 0 amide bonds. The molecule has 0 aliphatic heterocycles. The number of ether oxygens (including phenoxy) is 1. The molecule has 0 aliphatic rings. The largest absolute Gasteiger partial charge is 0.498 e. The summed E-state index contributed by atoms with van der Waals surface area (Å²) in [6.45, 7) is 18.9. The third-order valence-electron chi connectivity index (χ3n) is 3.82. The second-order valence-corrected chi connectivity index (χ2v) is 11.4. The van der Waals surface area contributed by atoms with Gasteiger partial charge in [-0.05, 0) is 23.0 Å². The van der Waals surface area contributed by atoms with Crippen molar-refractivity contribution in [2.24, 2.45) is 0 Å². The highest BCUT2D eigenvalue weighted by Crippen LogP contribution is 2.42. The van der Waals surface area contributed by atoms with Gasteiger partial charge in [0.1, 0.15) is 6.61 Å². The summed E-state index contributed by atoms with van der Waals surface area (Å²) < 4.78 is 11.5. The predicted molar refractivity (Wildman–Crippen MR) is 86.9 cm³/mol. The summed E-state index contributed by atoms with van der Waals surface area (Å²) in [6, 6.07) is 0. The van der Waals surface area contributed by atoms with Gasteiger partial charge >= 0.3 is 0 Å². The van der Waals surface area contributed by atoms with Gasteiger partial charge in [-0.3, -0.25) is 0 Å². The molecule has 0 radical (unpaired) electrons. The minimum atomic E-state index is -1.68. The van der Waals surface area contributed by atoms with Crippen molar-refractivity contribution in [2.45, 2.75) is 64.6 Å². The first-order valence-corrected chi connectivity index (χ1v) is 9.55. The Morgan fingerprint density at radius 3 is 1.89 bits per heavy atom. The van der Waals surface area contributed by atoms with Gasteiger partial charge < -0.3 is 9.16 Å². The standard InChI is InChI=1S/C16H32O2Si/c1-8-17-12-10-9-11-13-18-19(14(2)3,15(4)5)16(6)7/h8-10,14-16H,1,11-13H2,2-7H3/b10-9+. The van der Waals surface area contributed by atoms with Gasteiger partial charge in [0.25, 0.3) is 0 Å². The van der Waals surface area contributed by atoms with E-state index in [1.165, 1.54) is 6.26 Å². The lowest BCUT2D eigenvalue weighted by molar-refractivity contribution is 0.280. The summed E-state index contributed by atoms with van der Waals surface area (Å²) >= 11 is 0. The molecule has 3 heteroatoms. The molecule has 0 saturated heterocycles. The molecule has 0 rings (SSSR count). The van der Waals surface area contributed by atoms with Crippen molar-refractivity contribution in [3.63, 3.8) is 0 Å². The number of hydrogen-bond acceptors (Lipinski definition) is 2. The van der Waals surface area contributed by atoms with Crippen LogP contribution in [0.1, 0.15) is 48.0 Å². The van der Waals surface area contributed by atoms with E-state index >= 15 is 0 Å². The minimum absolute atomic E-state index is 0.602. The van der Waals surface area contributed by atoms with Crippen LogP contribution >= 0.6 is 0 Å². The van der Waals surface area contributed by atoms with Crippen LogP contribution in [-0.4, -0.2) is 21.5 Å². The quantitative estimate of drug-likeness (QED) is 0.235. The fourth-order valence-electron chi connectivity index (χ4n) is 3.11. The van der Waals surface area contributed by atoms with Gasteiger partial charge in [-0.15, -0.1) is 0 Å². The van der Waals surface area contributed by atoms with Gasteiger partial charge in [0.15, 0.2) is 8.32 Å². The SMILES string of the molecule is C=COC/C=C/CCO[Si](C(C)C)(C(C)C)C(C)C. The van der Waals surface area contributed by atoms with Crippen molar-refractivity contribution in [1.29, 1.82) is 0 Å². The molecule has 0 fully saturated rings. The second kappa shape index (κ2) is 9.37. The van der Waals surface area contributed by atoms with Gasteiger partial charge in [0.2, 0.25) is 0 Å². The highest BCUT2D eigenvalue weighted by molar-refractivity contribution is 6.77. The van der Waals surface area contributed by atoms with Crippen LogP contribution in [0.15, 0.2) is 25.0 Å². The van der Waals surface area contributed by atoms with Crippen LogP contribution in [0.3, 0.4) is 0 Å². The average molecular weight is 285 g/mol. The zero-order chi connectivity index (χ0) is 14.9. The van der Waals surface area contributed by atoms with E-state index in [1.807, 2.05) is 6.08 Å². The van der Waals surface area contributed by atoms with Crippen LogP contribution in [0.5, 0.6) is 0 Å². The molecule has 0 N–H and O–H groups in total. The minimum Gasteiger partial charge on any atom is -0.498 e. The van der Waals surface area contributed by atoms with Gasteiger partial charge in [0, 0.05) is 6.61 Å². The molecule has 19 heavy (non-hydrogen) atoms. The first kappa shape index (κ1) is 18.5. The van der Waals surface area contributed by atoms with Crippen molar-refractivity contribution in [1.82, 2.24) is 0 Å². The fourth-order valence-corrected chi connectivity index (χ4v) is 8.58. The number of rotatable bonds is 10. The molecule has 0 spiro atoms. The Labute approximate surface area is 121 Å². The molecule has 0 aliphatic carbocycles. The normalized spacial score (nSPS) is 12.9. The van der Waals surface area contributed by atoms with Crippen molar-refractivity contribution < 1.29 is 9.16 Å². The summed E-state index contributed by atoms with van der Waals surface area (Å²) in [5, 5.41) is 0. The highest BCUT2D eigenvalue weighted by atomic mass is 28.4. The smallest absolute Gasteiger partial charge is 0.200 e. The predicted octanol–water partition coefficient (Wildman–Crippen LogP) is 5.28. The van der Waals surface area contributed by atoms with Crippen LogP contribution in [0.4, 0.5) is 0 Å². The molecule has 0 heterocycles. The molecule has 0 atom stereocenters. The Balaban J connectivity index is 4.36. The van der Waals surface area contributed by atoms with Gasteiger partial charge in [-0.1, -0.05) is 60.3 Å². The Hall–Kier alpha value is -0.543. The molecular formula is C16H32O2Si. The van der Waals surface area contributed by atoms with E-state index < -0.39 is 8.32 Å². The monoisotopic (exact) mass is 284 g/mol. The van der Waals surface area contributed by atoms with E-state index in [4.69, 9.17) is 9.16 Å². The molecule has 2 nitrogen and oxygen atoms in total. The van der Waals surface area contributed by atoms with E-state index in [1.54, 1.807) is 0 Å². The highest BCUT2D eigenvalue weighted by Gasteiger charge is 2.44. The lowest BCUT2D eigenvalue weighted by atomic mass is 10.4. The summed E-state index contributed by atoms with van der Waals surface area (Å²) in [7, 11) is -1.68. The van der Waals surface area contributed by atoms with E-state index in [0.717, 1.165) is 13.0 Å². The third-order valence-corrected chi connectivity index (χ3v) is 9.94. The molecule has 112 valence electrons. The lowest BCUT2D eigenvalue weighted by Crippen LogP contribution is -2.47. The maximum atomic E-state index is 6.45. The second-order valence-electron chi connectivity index (χ2n) is 5.93. The Bertz CT molecular complexity index is 248. The van der Waals surface area contributed by atoms with Crippen molar-refractivity contribution >= 4 is 8.32 Å². The van der Waals surface area contributed by atoms with E-state index in [-0.39, 0.29) is 0 Å². The molecule has 0 unspecified atom stereocenters. The zero-order valence-electron chi connectivity index (χ0n) is 13.6. The summed E-state index contributed by atoms with van der Waals surface area (Å²) in [5.41, 5.74) is 1.96. The van der Waals surface area contributed by atoms with Crippen LogP contribution < -0.4 is 0 Å². The van der Waals surface area contributed by atoms with Crippen molar-refractivity contribution in [3.05, 3.63) is 25.0 Å². The molecule has 0 saturated carbocycles. The van der Waals surface area contributed by atoms with E-state index in [9.17, 15) is 0 Å². The van der Waals surface area contributed by atoms with Crippen molar-refractivity contribution in [3.8, 4) is 0 Å². The van der Waals surface area contributed by atoms with Gasteiger partial charge in [-0.2, -0.15) is 0 Å². The van der Waals surface area contributed by atoms with Gasteiger partial charge in [-0.25, -0.2) is 0 Å². The Kier molecular flexibility index (Phi) is 9.11. The molecule has 0 bridgehead atoms. The fraction of sp³-hybridized carbons (Fsp3) is 0.750. The molecule has 0 aromatic heterocycles. The van der Waals surface area contributed by atoms with Crippen LogP contribution in [-0.2, 0) is 9.16 Å². The topological polar surface area (TPSA) is 18.5 Å². The Morgan fingerprint density at radius 2 is 1.47 bits per heavy atom. The summed E-state index contributed by atoms with van der Waals surface area (Å²) in [5.74, 6) is 0. The molecule has 0 aromatic carbocycles. The maximum Gasteiger partial charge on any atom is 0.200 e. The van der Waals surface area contributed by atoms with E-state index in [2.05, 4.69) is 54.2 Å². The first-order chi connectivity index (χ1) is 8.89.